The van der Waals surface area contributed by atoms with E-state index in [2.05, 4.69) is 5.32 Å². The summed E-state index contributed by atoms with van der Waals surface area (Å²) >= 11 is 0. The summed E-state index contributed by atoms with van der Waals surface area (Å²) < 4.78 is 25.8. The first-order valence-corrected chi connectivity index (χ1v) is 9.79. The van der Waals surface area contributed by atoms with E-state index in [9.17, 15) is 13.2 Å². The van der Waals surface area contributed by atoms with Gasteiger partial charge in [-0.1, -0.05) is 25.5 Å². The summed E-state index contributed by atoms with van der Waals surface area (Å²) in [5, 5.41) is 2.89. The largest absolute Gasteiger partial charge is 0.352 e. The van der Waals surface area contributed by atoms with E-state index in [1.165, 1.54) is 4.31 Å². The minimum absolute atomic E-state index is 0.0231. The SMILES string of the molecule is CCC[C@H](C)NC(=O)[C@H](C)N(c1cc(C)ccc1C)S(C)(=O)=O. The zero-order valence-corrected chi connectivity index (χ0v) is 15.7. The van der Waals surface area contributed by atoms with Gasteiger partial charge in [-0.25, -0.2) is 8.42 Å². The summed E-state index contributed by atoms with van der Waals surface area (Å²) in [7, 11) is -3.58. The Kier molecular flexibility index (Phi) is 6.62. The number of nitrogens with zero attached hydrogens (tertiary/aromatic N) is 1. The molecule has 1 amide bonds. The number of anilines is 1. The van der Waals surface area contributed by atoms with Gasteiger partial charge in [-0.3, -0.25) is 9.10 Å². The van der Waals surface area contributed by atoms with Crippen LogP contribution < -0.4 is 9.62 Å². The smallest absolute Gasteiger partial charge is 0.243 e. The second-order valence-corrected chi connectivity index (χ2v) is 8.08. The highest BCUT2D eigenvalue weighted by molar-refractivity contribution is 7.92. The van der Waals surface area contributed by atoms with Crippen LogP contribution in [0.25, 0.3) is 0 Å². The highest BCUT2D eigenvalue weighted by Crippen LogP contribution is 2.26. The van der Waals surface area contributed by atoms with Crippen molar-refractivity contribution in [3.8, 4) is 0 Å². The van der Waals surface area contributed by atoms with Gasteiger partial charge in [0.05, 0.1) is 11.9 Å². The molecule has 0 saturated carbocycles. The van der Waals surface area contributed by atoms with E-state index in [0.717, 1.165) is 30.2 Å². The van der Waals surface area contributed by atoms with Crippen molar-refractivity contribution in [1.29, 1.82) is 0 Å². The van der Waals surface area contributed by atoms with Gasteiger partial charge in [0.15, 0.2) is 0 Å². The monoisotopic (exact) mass is 340 g/mol. The van der Waals surface area contributed by atoms with Crippen molar-refractivity contribution >= 4 is 21.6 Å². The Hall–Kier alpha value is -1.56. The Morgan fingerprint density at radius 3 is 2.39 bits per heavy atom. The third kappa shape index (κ3) is 5.23. The summed E-state index contributed by atoms with van der Waals surface area (Å²) in [6.45, 7) is 9.34. The summed E-state index contributed by atoms with van der Waals surface area (Å²) in [5.74, 6) is -0.280. The number of sulfonamides is 1. The lowest BCUT2D eigenvalue weighted by atomic mass is 10.1. The fourth-order valence-corrected chi connectivity index (χ4v) is 3.83. The minimum Gasteiger partial charge on any atom is -0.352 e. The number of hydrogen-bond acceptors (Lipinski definition) is 3. The van der Waals surface area contributed by atoms with Gasteiger partial charge < -0.3 is 5.32 Å². The molecule has 1 aromatic carbocycles. The Bertz CT molecular complexity index is 656. The number of nitrogens with one attached hydrogen (secondary N) is 1. The molecule has 1 aromatic rings. The van der Waals surface area contributed by atoms with E-state index >= 15 is 0 Å². The van der Waals surface area contributed by atoms with Crippen molar-refractivity contribution in [2.24, 2.45) is 0 Å². The third-order valence-corrected chi connectivity index (χ3v) is 5.03. The van der Waals surface area contributed by atoms with Crippen LogP contribution in [0.3, 0.4) is 0 Å². The van der Waals surface area contributed by atoms with Gasteiger partial charge in [0.2, 0.25) is 15.9 Å². The summed E-state index contributed by atoms with van der Waals surface area (Å²) in [6.07, 6.45) is 2.96. The second-order valence-electron chi connectivity index (χ2n) is 6.22. The maximum Gasteiger partial charge on any atom is 0.243 e. The van der Waals surface area contributed by atoms with Crippen LogP contribution in [0, 0.1) is 13.8 Å². The van der Waals surface area contributed by atoms with E-state index in [1.54, 1.807) is 13.0 Å². The van der Waals surface area contributed by atoms with E-state index < -0.39 is 16.1 Å². The van der Waals surface area contributed by atoms with Crippen LogP contribution in [0.1, 0.15) is 44.7 Å². The fourth-order valence-electron chi connectivity index (χ4n) is 2.61. The zero-order valence-electron chi connectivity index (χ0n) is 14.9. The molecule has 0 heterocycles. The van der Waals surface area contributed by atoms with Crippen LogP contribution >= 0.6 is 0 Å². The second kappa shape index (κ2) is 7.81. The third-order valence-electron chi connectivity index (χ3n) is 3.80. The summed E-state index contributed by atoms with van der Waals surface area (Å²) in [6, 6.07) is 4.82. The standard InChI is InChI=1S/C17H28N2O3S/c1-7-8-14(4)18-17(20)15(5)19(23(6,21)22)16-11-12(2)9-10-13(16)3/h9-11,14-15H,7-8H2,1-6H3,(H,18,20)/t14-,15-/m0/s1. The molecule has 0 spiro atoms. The van der Waals surface area contributed by atoms with Crippen molar-refractivity contribution < 1.29 is 13.2 Å². The Balaban J connectivity index is 3.17. The molecule has 0 radical (unpaired) electrons. The van der Waals surface area contributed by atoms with E-state index in [-0.39, 0.29) is 11.9 Å². The van der Waals surface area contributed by atoms with Crippen molar-refractivity contribution in [2.75, 3.05) is 10.6 Å². The molecule has 5 nitrogen and oxygen atoms in total. The molecule has 0 aromatic heterocycles. The van der Waals surface area contributed by atoms with E-state index in [1.807, 2.05) is 39.8 Å². The average Bonchev–Trinajstić information content (AvgIpc) is 2.41. The molecule has 0 fully saturated rings. The number of rotatable bonds is 7. The highest BCUT2D eigenvalue weighted by Gasteiger charge is 2.30. The van der Waals surface area contributed by atoms with Crippen LogP contribution in [-0.2, 0) is 14.8 Å². The predicted octanol–water partition coefficient (Wildman–Crippen LogP) is 2.76. The Morgan fingerprint density at radius 2 is 1.87 bits per heavy atom. The number of hydrogen-bond donors (Lipinski definition) is 1. The molecule has 0 aliphatic heterocycles. The van der Waals surface area contributed by atoms with Gasteiger partial charge in [-0.2, -0.15) is 0 Å². The van der Waals surface area contributed by atoms with Crippen LogP contribution in [0.2, 0.25) is 0 Å². The van der Waals surface area contributed by atoms with Crippen LogP contribution in [0.4, 0.5) is 5.69 Å². The lowest BCUT2D eigenvalue weighted by Gasteiger charge is -2.30. The zero-order chi connectivity index (χ0) is 17.8. The van der Waals surface area contributed by atoms with Gasteiger partial charge in [0, 0.05) is 6.04 Å². The normalized spacial score (nSPS) is 14.2. The fraction of sp³-hybridized carbons (Fsp3) is 0.588. The van der Waals surface area contributed by atoms with Crippen molar-refractivity contribution in [1.82, 2.24) is 5.32 Å². The first-order chi connectivity index (χ1) is 10.6. The van der Waals surface area contributed by atoms with Gasteiger partial charge in [0.1, 0.15) is 6.04 Å². The van der Waals surface area contributed by atoms with Crippen LogP contribution in [0.5, 0.6) is 0 Å². The molecule has 0 aliphatic rings. The number of aryl methyl sites for hydroxylation is 2. The maximum atomic E-state index is 12.5. The Labute approximate surface area is 140 Å². The molecule has 0 unspecified atom stereocenters. The lowest BCUT2D eigenvalue weighted by Crippen LogP contribution is -2.50. The van der Waals surface area contributed by atoms with Gasteiger partial charge in [-0.05, 0) is 51.3 Å². The number of carbonyl (C=O) groups excluding carboxylic acids is 1. The van der Waals surface area contributed by atoms with Crippen LogP contribution in [-0.4, -0.2) is 32.7 Å². The van der Waals surface area contributed by atoms with Gasteiger partial charge in [-0.15, -0.1) is 0 Å². The number of amides is 1. The molecule has 0 saturated heterocycles. The molecular weight excluding hydrogens is 312 g/mol. The number of benzene rings is 1. The molecule has 1 N–H and O–H groups in total. The van der Waals surface area contributed by atoms with Crippen molar-refractivity contribution in [2.45, 2.75) is 59.5 Å². The van der Waals surface area contributed by atoms with Gasteiger partial charge >= 0.3 is 0 Å². The van der Waals surface area contributed by atoms with Crippen LogP contribution in [0.15, 0.2) is 18.2 Å². The van der Waals surface area contributed by atoms with Crippen molar-refractivity contribution in [3.63, 3.8) is 0 Å². The molecule has 0 bridgehead atoms. The molecule has 23 heavy (non-hydrogen) atoms. The lowest BCUT2D eigenvalue weighted by molar-refractivity contribution is -0.122. The number of carbonyl (C=O) groups is 1. The molecule has 6 heteroatoms. The Morgan fingerprint density at radius 1 is 1.26 bits per heavy atom. The average molecular weight is 340 g/mol. The van der Waals surface area contributed by atoms with E-state index in [0.29, 0.717) is 5.69 Å². The van der Waals surface area contributed by atoms with E-state index in [4.69, 9.17) is 0 Å². The predicted molar refractivity (Wildman–Crippen MR) is 95.2 cm³/mol. The minimum atomic E-state index is -3.58. The van der Waals surface area contributed by atoms with Gasteiger partial charge in [0.25, 0.3) is 0 Å². The molecular formula is C17H28N2O3S. The summed E-state index contributed by atoms with van der Waals surface area (Å²) in [4.78, 5) is 12.5. The first kappa shape index (κ1) is 19.5. The molecule has 0 aliphatic carbocycles. The highest BCUT2D eigenvalue weighted by atomic mass is 32.2. The molecule has 2 atom stereocenters. The maximum absolute atomic E-state index is 12.5. The topological polar surface area (TPSA) is 66.5 Å². The first-order valence-electron chi connectivity index (χ1n) is 7.95. The molecule has 1 rings (SSSR count). The summed E-state index contributed by atoms with van der Waals surface area (Å²) in [5.41, 5.74) is 2.33. The quantitative estimate of drug-likeness (QED) is 0.830. The molecule has 130 valence electrons. The van der Waals surface area contributed by atoms with Crippen molar-refractivity contribution in [3.05, 3.63) is 29.3 Å².